The van der Waals surface area contributed by atoms with Crippen molar-refractivity contribution in [2.45, 2.75) is 37.9 Å². The van der Waals surface area contributed by atoms with Crippen LogP contribution in [0.1, 0.15) is 25.7 Å². The summed E-state index contributed by atoms with van der Waals surface area (Å²) in [6.45, 7) is -0.241. The minimum Gasteiger partial charge on any atom is -0.480 e. The van der Waals surface area contributed by atoms with Crippen LogP contribution in [0.5, 0.6) is 0 Å². The van der Waals surface area contributed by atoms with E-state index >= 15 is 0 Å². The maximum atomic E-state index is 11.9. The lowest BCUT2D eigenvalue weighted by Crippen LogP contribution is -2.46. The summed E-state index contributed by atoms with van der Waals surface area (Å²) < 4.78 is 39.9. The highest BCUT2D eigenvalue weighted by Crippen LogP contribution is 2.20. The Kier molecular flexibility index (Phi) is 8.17. The fourth-order valence-electron chi connectivity index (χ4n) is 1.32. The molecule has 0 rings (SSSR count). The van der Waals surface area contributed by atoms with Gasteiger partial charge in [0.2, 0.25) is 0 Å². The molecule has 0 spiro atoms. The summed E-state index contributed by atoms with van der Waals surface area (Å²) in [5.41, 5.74) is 0. The number of aliphatic carboxylic acids is 1. The number of methoxy groups -OCH3 is 1. The molecule has 0 aromatic rings. The number of amides is 2. The third kappa shape index (κ3) is 10.4. The number of hydrogen-bond acceptors (Lipinski definition) is 4. The highest BCUT2D eigenvalue weighted by Gasteiger charge is 2.26. The van der Waals surface area contributed by atoms with Crippen LogP contribution in [0, 0.1) is 0 Å². The Bertz CT molecular complexity index is 373. The molecule has 0 aliphatic rings. The zero-order chi connectivity index (χ0) is 16.5. The van der Waals surface area contributed by atoms with Crippen molar-refractivity contribution in [3.8, 4) is 0 Å². The average molecular weight is 314 g/mol. The molecule has 0 saturated carbocycles. The predicted octanol–water partition coefficient (Wildman–Crippen LogP) is 1.03. The number of nitrogens with one attached hydrogen (secondary N) is 2. The number of alkyl halides is 3. The van der Waals surface area contributed by atoms with Gasteiger partial charge < -0.3 is 20.5 Å². The van der Waals surface area contributed by atoms with Crippen LogP contribution in [0.3, 0.4) is 0 Å². The Labute approximate surface area is 118 Å². The van der Waals surface area contributed by atoms with Crippen LogP contribution >= 0.6 is 0 Å². The van der Waals surface area contributed by atoms with Crippen molar-refractivity contribution >= 4 is 18.0 Å². The molecule has 0 saturated heterocycles. The van der Waals surface area contributed by atoms with E-state index in [-0.39, 0.29) is 25.8 Å². The molecular weight excluding hydrogens is 297 g/mol. The van der Waals surface area contributed by atoms with Gasteiger partial charge in [-0.2, -0.15) is 13.2 Å². The van der Waals surface area contributed by atoms with Crippen LogP contribution < -0.4 is 10.6 Å². The van der Waals surface area contributed by atoms with Crippen LogP contribution in [0.25, 0.3) is 0 Å². The van der Waals surface area contributed by atoms with Crippen LogP contribution in [0.4, 0.5) is 18.0 Å². The van der Waals surface area contributed by atoms with Gasteiger partial charge in [0.25, 0.3) is 0 Å². The first kappa shape index (κ1) is 19.0. The number of halogens is 3. The van der Waals surface area contributed by atoms with Gasteiger partial charge in [0.1, 0.15) is 6.04 Å². The van der Waals surface area contributed by atoms with Crippen molar-refractivity contribution in [3.63, 3.8) is 0 Å². The number of carbonyl (C=O) groups excluding carboxylic acids is 2. The van der Waals surface area contributed by atoms with Gasteiger partial charge in [0, 0.05) is 19.4 Å². The molecule has 0 aliphatic carbocycles. The molecule has 21 heavy (non-hydrogen) atoms. The maximum absolute atomic E-state index is 11.9. The van der Waals surface area contributed by atoms with E-state index < -0.39 is 36.6 Å². The number of urea groups is 1. The quantitative estimate of drug-likeness (QED) is 0.458. The average Bonchev–Trinajstić information content (AvgIpc) is 2.37. The lowest BCUT2D eigenvalue weighted by Gasteiger charge is -2.14. The molecule has 0 aliphatic heterocycles. The lowest BCUT2D eigenvalue weighted by atomic mass is 10.1. The molecule has 7 nitrogen and oxygen atoms in total. The summed E-state index contributed by atoms with van der Waals surface area (Å²) in [5, 5.41) is 13.0. The highest BCUT2D eigenvalue weighted by atomic mass is 19.4. The van der Waals surface area contributed by atoms with E-state index in [1.54, 1.807) is 0 Å². The second-order valence-corrected chi connectivity index (χ2v) is 4.12. The summed E-state index contributed by atoms with van der Waals surface area (Å²) in [7, 11) is 1.14. The molecule has 2 amide bonds. The SMILES string of the molecule is COC(=O)CC[C@@H](NC(=O)NCCCC(F)(F)F)C(=O)O. The molecule has 122 valence electrons. The Morgan fingerprint density at radius 2 is 1.90 bits per heavy atom. The summed E-state index contributed by atoms with van der Waals surface area (Å²) in [6, 6.07) is -2.24. The van der Waals surface area contributed by atoms with E-state index in [2.05, 4.69) is 15.4 Å². The molecule has 0 radical (unpaired) electrons. The number of carboxylic acids is 1. The van der Waals surface area contributed by atoms with Gasteiger partial charge in [-0.05, 0) is 12.8 Å². The van der Waals surface area contributed by atoms with E-state index in [1.807, 2.05) is 0 Å². The van der Waals surface area contributed by atoms with Gasteiger partial charge in [-0.1, -0.05) is 0 Å². The van der Waals surface area contributed by atoms with Gasteiger partial charge in [-0.25, -0.2) is 9.59 Å². The van der Waals surface area contributed by atoms with Crippen LogP contribution in [0.15, 0.2) is 0 Å². The summed E-state index contributed by atoms with van der Waals surface area (Å²) >= 11 is 0. The molecule has 0 aromatic carbocycles. The van der Waals surface area contributed by atoms with E-state index in [1.165, 1.54) is 0 Å². The molecule has 0 bridgehead atoms. The van der Waals surface area contributed by atoms with Crippen LogP contribution in [0.2, 0.25) is 0 Å². The summed E-state index contributed by atoms with van der Waals surface area (Å²) in [5.74, 6) is -1.99. The van der Waals surface area contributed by atoms with Crippen molar-refractivity contribution in [1.29, 1.82) is 0 Å². The maximum Gasteiger partial charge on any atom is 0.389 e. The fourth-order valence-corrected chi connectivity index (χ4v) is 1.32. The van der Waals surface area contributed by atoms with Crippen molar-refractivity contribution in [2.75, 3.05) is 13.7 Å². The Balaban J connectivity index is 4.06. The second-order valence-electron chi connectivity index (χ2n) is 4.12. The highest BCUT2D eigenvalue weighted by molar-refractivity contribution is 5.83. The number of esters is 1. The summed E-state index contributed by atoms with van der Waals surface area (Å²) in [4.78, 5) is 33.0. The van der Waals surface area contributed by atoms with E-state index in [9.17, 15) is 27.6 Å². The minimum atomic E-state index is -4.30. The molecular formula is C11H17F3N2O5. The van der Waals surface area contributed by atoms with E-state index in [0.717, 1.165) is 7.11 Å². The van der Waals surface area contributed by atoms with Crippen molar-refractivity contribution < 1.29 is 37.4 Å². The zero-order valence-corrected chi connectivity index (χ0v) is 11.3. The van der Waals surface area contributed by atoms with Crippen molar-refractivity contribution in [1.82, 2.24) is 10.6 Å². The molecule has 0 aromatic heterocycles. The molecule has 0 heterocycles. The van der Waals surface area contributed by atoms with Gasteiger partial charge in [0.05, 0.1) is 7.11 Å². The van der Waals surface area contributed by atoms with Crippen molar-refractivity contribution in [2.24, 2.45) is 0 Å². The number of carbonyl (C=O) groups is 3. The summed E-state index contributed by atoms with van der Waals surface area (Å²) in [6.07, 6.45) is -6.04. The normalized spacial score (nSPS) is 12.4. The van der Waals surface area contributed by atoms with E-state index in [0.29, 0.717) is 0 Å². The van der Waals surface area contributed by atoms with Crippen LogP contribution in [-0.4, -0.2) is 48.9 Å². The molecule has 0 fully saturated rings. The predicted molar refractivity (Wildman–Crippen MR) is 64.5 cm³/mol. The first-order chi connectivity index (χ1) is 9.65. The second kappa shape index (κ2) is 9.03. The van der Waals surface area contributed by atoms with Crippen molar-refractivity contribution in [3.05, 3.63) is 0 Å². The lowest BCUT2D eigenvalue weighted by molar-refractivity contribution is -0.142. The standard InChI is InChI=1S/C11H17F3N2O5/c1-21-8(17)4-3-7(9(18)19)16-10(20)15-6-2-5-11(12,13)14/h7H,2-6H2,1H3,(H,18,19)(H2,15,16,20)/t7-/m1/s1. The van der Waals surface area contributed by atoms with Gasteiger partial charge in [-0.3, -0.25) is 4.79 Å². The third-order valence-corrected chi connectivity index (χ3v) is 2.39. The number of carboxylic acid groups (broad SMARTS) is 1. The first-order valence-electron chi connectivity index (χ1n) is 6.06. The largest absolute Gasteiger partial charge is 0.480 e. The molecule has 0 unspecified atom stereocenters. The Morgan fingerprint density at radius 3 is 2.38 bits per heavy atom. The topological polar surface area (TPSA) is 105 Å². The smallest absolute Gasteiger partial charge is 0.389 e. The monoisotopic (exact) mass is 314 g/mol. The van der Waals surface area contributed by atoms with Gasteiger partial charge in [0.15, 0.2) is 0 Å². The zero-order valence-electron chi connectivity index (χ0n) is 11.3. The Morgan fingerprint density at radius 1 is 1.29 bits per heavy atom. The molecule has 1 atom stereocenters. The van der Waals surface area contributed by atoms with Gasteiger partial charge in [-0.15, -0.1) is 0 Å². The fraction of sp³-hybridized carbons (Fsp3) is 0.727. The minimum absolute atomic E-state index is 0.183. The number of rotatable bonds is 8. The third-order valence-electron chi connectivity index (χ3n) is 2.39. The Hall–Kier alpha value is -2.00. The number of ether oxygens (including phenoxy) is 1. The first-order valence-corrected chi connectivity index (χ1v) is 6.06. The number of hydrogen-bond donors (Lipinski definition) is 3. The van der Waals surface area contributed by atoms with Gasteiger partial charge >= 0.3 is 24.1 Å². The molecule has 10 heteroatoms. The van der Waals surface area contributed by atoms with Crippen LogP contribution in [-0.2, 0) is 14.3 Å². The molecule has 3 N–H and O–H groups in total. The van der Waals surface area contributed by atoms with E-state index in [4.69, 9.17) is 5.11 Å².